The van der Waals surface area contributed by atoms with Gasteiger partial charge in [-0.1, -0.05) is 11.6 Å². The lowest BCUT2D eigenvalue weighted by molar-refractivity contribution is 0.0601. The molecule has 1 aromatic carbocycles. The highest BCUT2D eigenvalue weighted by Gasteiger charge is 2.19. The third-order valence-electron chi connectivity index (χ3n) is 3.57. The molecular formula is C14H19ClN2O4S. The van der Waals surface area contributed by atoms with Crippen molar-refractivity contribution in [1.29, 1.82) is 0 Å². The lowest BCUT2D eigenvalue weighted by Crippen LogP contribution is -2.33. The summed E-state index contributed by atoms with van der Waals surface area (Å²) in [6.45, 7) is 3.06. The van der Waals surface area contributed by atoms with Crippen LogP contribution in [0.2, 0.25) is 5.02 Å². The number of nitrogens with zero attached hydrogens (tertiary/aromatic N) is 1. The van der Waals surface area contributed by atoms with Gasteiger partial charge in [-0.2, -0.15) is 0 Å². The van der Waals surface area contributed by atoms with Crippen molar-refractivity contribution in [2.24, 2.45) is 0 Å². The second kappa shape index (κ2) is 7.41. The van der Waals surface area contributed by atoms with E-state index >= 15 is 0 Å². The van der Waals surface area contributed by atoms with Crippen LogP contribution in [0.5, 0.6) is 0 Å². The topological polar surface area (TPSA) is 75.7 Å². The predicted molar refractivity (Wildman–Crippen MR) is 83.7 cm³/mol. The zero-order valence-corrected chi connectivity index (χ0v) is 13.9. The van der Waals surface area contributed by atoms with Gasteiger partial charge < -0.3 is 9.64 Å². The number of benzene rings is 1. The lowest BCUT2D eigenvalue weighted by atomic mass is 10.2. The van der Waals surface area contributed by atoms with Crippen LogP contribution in [0, 0.1) is 0 Å². The van der Waals surface area contributed by atoms with Gasteiger partial charge in [0.15, 0.2) is 0 Å². The molecule has 1 aliphatic heterocycles. The molecule has 6 nitrogen and oxygen atoms in total. The molecule has 1 N–H and O–H groups in total. The van der Waals surface area contributed by atoms with Crippen LogP contribution in [-0.4, -0.2) is 52.6 Å². The van der Waals surface area contributed by atoms with E-state index in [2.05, 4.69) is 14.4 Å². The fraction of sp³-hybridized carbons (Fsp3) is 0.500. The minimum Gasteiger partial charge on any atom is -0.465 e. The van der Waals surface area contributed by atoms with E-state index in [9.17, 15) is 13.2 Å². The summed E-state index contributed by atoms with van der Waals surface area (Å²) in [5.41, 5.74) is 0.139. The number of likely N-dealkylation sites (tertiary alicyclic amines) is 1. The fourth-order valence-corrected chi connectivity index (χ4v) is 3.74. The number of hydrogen-bond donors (Lipinski definition) is 1. The third kappa shape index (κ3) is 4.19. The summed E-state index contributed by atoms with van der Waals surface area (Å²) >= 11 is 5.95. The van der Waals surface area contributed by atoms with E-state index in [0.29, 0.717) is 13.1 Å². The zero-order chi connectivity index (χ0) is 16.2. The zero-order valence-electron chi connectivity index (χ0n) is 12.3. The molecule has 122 valence electrons. The Balaban J connectivity index is 2.02. The summed E-state index contributed by atoms with van der Waals surface area (Å²) < 4.78 is 31.5. The maximum Gasteiger partial charge on any atom is 0.339 e. The van der Waals surface area contributed by atoms with Gasteiger partial charge in [-0.25, -0.2) is 17.9 Å². The van der Waals surface area contributed by atoms with E-state index < -0.39 is 16.0 Å². The van der Waals surface area contributed by atoms with Crippen molar-refractivity contribution < 1.29 is 17.9 Å². The molecule has 1 heterocycles. The minimum atomic E-state index is -3.64. The Kier molecular flexibility index (Phi) is 5.80. The molecule has 1 fully saturated rings. The van der Waals surface area contributed by atoms with Crippen LogP contribution in [0.3, 0.4) is 0 Å². The van der Waals surface area contributed by atoms with Crippen molar-refractivity contribution in [2.45, 2.75) is 17.7 Å². The summed E-state index contributed by atoms with van der Waals surface area (Å²) in [5.74, 6) is -0.601. The molecule has 1 saturated heterocycles. The Morgan fingerprint density at radius 2 is 2.05 bits per heavy atom. The summed E-state index contributed by atoms with van der Waals surface area (Å²) in [6.07, 6.45) is 2.33. The number of halogens is 1. The number of rotatable bonds is 6. The number of hydrogen-bond acceptors (Lipinski definition) is 5. The van der Waals surface area contributed by atoms with E-state index in [0.717, 1.165) is 25.9 Å². The first-order valence-electron chi connectivity index (χ1n) is 7.04. The molecule has 0 bridgehead atoms. The third-order valence-corrected chi connectivity index (χ3v) is 5.35. The Morgan fingerprint density at radius 3 is 2.64 bits per heavy atom. The number of carbonyl (C=O) groups excluding carboxylic acids is 1. The highest BCUT2D eigenvalue weighted by Crippen LogP contribution is 2.21. The van der Waals surface area contributed by atoms with E-state index in [-0.39, 0.29) is 15.5 Å². The summed E-state index contributed by atoms with van der Waals surface area (Å²) in [7, 11) is -2.40. The second-order valence-electron chi connectivity index (χ2n) is 5.08. The molecule has 0 aliphatic carbocycles. The van der Waals surface area contributed by atoms with Gasteiger partial charge in [-0.05, 0) is 44.1 Å². The van der Waals surface area contributed by atoms with Crippen LogP contribution < -0.4 is 4.72 Å². The monoisotopic (exact) mass is 346 g/mol. The Bertz CT molecular complexity index is 642. The van der Waals surface area contributed by atoms with Crippen LogP contribution in [-0.2, 0) is 14.8 Å². The SMILES string of the molecule is COC(=O)c1ccc(S(=O)(=O)NCCN2CCCC2)cc1Cl. The molecule has 8 heteroatoms. The molecule has 0 saturated carbocycles. The number of esters is 1. The van der Waals surface area contributed by atoms with Gasteiger partial charge in [0.1, 0.15) is 0 Å². The van der Waals surface area contributed by atoms with E-state index in [1.54, 1.807) is 0 Å². The van der Waals surface area contributed by atoms with Gasteiger partial charge in [-0.3, -0.25) is 0 Å². The predicted octanol–water partition coefficient (Wildman–Crippen LogP) is 1.50. The molecule has 0 radical (unpaired) electrons. The van der Waals surface area contributed by atoms with Crippen molar-refractivity contribution >= 4 is 27.6 Å². The number of carbonyl (C=O) groups is 1. The maximum atomic E-state index is 12.2. The van der Waals surface area contributed by atoms with E-state index in [4.69, 9.17) is 11.6 Å². The van der Waals surface area contributed by atoms with E-state index in [1.165, 1.54) is 25.3 Å². The largest absolute Gasteiger partial charge is 0.465 e. The van der Waals surface area contributed by atoms with Crippen LogP contribution in [0.25, 0.3) is 0 Å². The van der Waals surface area contributed by atoms with Crippen LogP contribution in [0.4, 0.5) is 0 Å². The summed E-state index contributed by atoms with van der Waals surface area (Å²) in [5, 5.41) is 0.0502. The average Bonchev–Trinajstić information content (AvgIpc) is 2.99. The van der Waals surface area contributed by atoms with Gasteiger partial charge in [0.05, 0.1) is 22.6 Å². The molecule has 22 heavy (non-hydrogen) atoms. The first-order valence-corrected chi connectivity index (χ1v) is 8.90. The normalized spacial score (nSPS) is 15.9. The van der Waals surface area contributed by atoms with Crippen molar-refractivity contribution in [2.75, 3.05) is 33.3 Å². The molecular weight excluding hydrogens is 328 g/mol. The molecule has 1 aliphatic rings. The second-order valence-corrected chi connectivity index (χ2v) is 7.25. The van der Waals surface area contributed by atoms with Crippen molar-refractivity contribution in [3.63, 3.8) is 0 Å². The Labute approximate surface area is 135 Å². The molecule has 0 spiro atoms. The van der Waals surface area contributed by atoms with Crippen LogP contribution >= 0.6 is 11.6 Å². The first kappa shape index (κ1) is 17.2. The van der Waals surface area contributed by atoms with Gasteiger partial charge in [0.25, 0.3) is 0 Å². The van der Waals surface area contributed by atoms with Gasteiger partial charge >= 0.3 is 5.97 Å². The number of nitrogens with one attached hydrogen (secondary N) is 1. The highest BCUT2D eigenvalue weighted by atomic mass is 35.5. The van der Waals surface area contributed by atoms with Crippen LogP contribution in [0.15, 0.2) is 23.1 Å². The number of sulfonamides is 1. The lowest BCUT2D eigenvalue weighted by Gasteiger charge is -2.15. The summed E-state index contributed by atoms with van der Waals surface area (Å²) in [4.78, 5) is 13.7. The highest BCUT2D eigenvalue weighted by molar-refractivity contribution is 7.89. The molecule has 1 aromatic rings. The molecule has 0 amide bonds. The summed E-state index contributed by atoms with van der Waals surface area (Å²) in [6, 6.07) is 3.95. The van der Waals surface area contributed by atoms with Crippen LogP contribution in [0.1, 0.15) is 23.2 Å². The van der Waals surface area contributed by atoms with Gasteiger partial charge in [0, 0.05) is 13.1 Å². The van der Waals surface area contributed by atoms with Gasteiger partial charge in [-0.15, -0.1) is 0 Å². The van der Waals surface area contributed by atoms with Crippen molar-refractivity contribution in [3.8, 4) is 0 Å². The smallest absolute Gasteiger partial charge is 0.339 e. The van der Waals surface area contributed by atoms with Crippen molar-refractivity contribution in [3.05, 3.63) is 28.8 Å². The first-order chi connectivity index (χ1) is 10.4. The molecule has 0 aromatic heterocycles. The number of ether oxygens (including phenoxy) is 1. The molecule has 2 rings (SSSR count). The molecule has 0 unspecified atom stereocenters. The van der Waals surface area contributed by atoms with Crippen molar-refractivity contribution in [1.82, 2.24) is 9.62 Å². The minimum absolute atomic E-state index is 0.0339. The van der Waals surface area contributed by atoms with E-state index in [1.807, 2.05) is 0 Å². The quantitative estimate of drug-likeness (QED) is 0.790. The Morgan fingerprint density at radius 1 is 1.36 bits per heavy atom. The average molecular weight is 347 g/mol. The Hall–Kier alpha value is -1.15. The molecule has 0 atom stereocenters. The fourth-order valence-electron chi connectivity index (χ4n) is 2.37. The van der Waals surface area contributed by atoms with Gasteiger partial charge in [0.2, 0.25) is 10.0 Å². The standard InChI is InChI=1S/C14H19ClN2O4S/c1-21-14(18)12-5-4-11(10-13(12)15)22(19,20)16-6-9-17-7-2-3-8-17/h4-5,10,16H,2-3,6-9H2,1H3. The maximum absolute atomic E-state index is 12.2. The number of methoxy groups -OCH3 is 1.